The third-order valence-electron chi connectivity index (χ3n) is 29.5. The summed E-state index contributed by atoms with van der Waals surface area (Å²) in [5.74, 6) is -1.02. The molecule has 0 unspecified atom stereocenters. The third-order valence-corrected chi connectivity index (χ3v) is 29.5. The van der Waals surface area contributed by atoms with Crippen LogP contribution < -0.4 is 46.1 Å². The lowest BCUT2D eigenvalue weighted by molar-refractivity contribution is -0.140. The fraction of sp³-hybridized carbons (Fsp3) is 0.534. The Labute approximate surface area is 801 Å². The molecule has 9 fully saturated rings. The van der Waals surface area contributed by atoms with Gasteiger partial charge < -0.3 is 105 Å². The van der Waals surface area contributed by atoms with Crippen molar-refractivity contribution in [1.29, 1.82) is 0 Å². The average Bonchev–Trinajstić information content (AvgIpc) is 0.809. The molecule has 18 rings (SSSR count). The number of likely N-dealkylation sites (tertiary alicyclic amines) is 9. The largest absolute Gasteiger partial charge is 0.413 e. The number of para-hydroxylation sites is 4. The normalized spacial score (nSPS) is 20.5. The number of nitrogens with one attached hydrogen (secondary N) is 6. The predicted molar refractivity (Wildman–Crippen MR) is 514 cm³/mol. The van der Waals surface area contributed by atoms with Gasteiger partial charge in [0.25, 0.3) is 0 Å². The van der Waals surface area contributed by atoms with E-state index >= 15 is 0 Å². The number of rotatable bonds is 21. The summed E-state index contributed by atoms with van der Waals surface area (Å²) in [6.07, 6.45) is 17.4. The zero-order chi connectivity index (χ0) is 95.3. The number of carbonyl (C=O) groups excluding carboxylic acids is 12. The van der Waals surface area contributed by atoms with Crippen LogP contribution in [0.5, 0.6) is 17.2 Å². The van der Waals surface area contributed by atoms with E-state index in [2.05, 4.69) is 46.6 Å². The summed E-state index contributed by atoms with van der Waals surface area (Å²) in [4.78, 5) is 183. The molecule has 0 saturated carbocycles. The number of hydrogen-bond donors (Lipinski definition) is 6. The molecule has 6 aromatic carbocycles. The molecule has 9 saturated heterocycles. The van der Waals surface area contributed by atoms with Crippen LogP contribution >= 0.6 is 0 Å². The maximum absolute atomic E-state index is 13.8. The van der Waals surface area contributed by atoms with Crippen molar-refractivity contribution >= 4 is 88.9 Å². The van der Waals surface area contributed by atoms with E-state index in [-0.39, 0.29) is 96.7 Å². The zero-order valence-electron chi connectivity index (χ0n) is 78.8. The highest BCUT2D eigenvalue weighted by atomic mass is 19.1. The number of piperidine rings is 9. The molecule has 0 aliphatic carbocycles. The minimum absolute atomic E-state index is 0.0126. The van der Waals surface area contributed by atoms with Gasteiger partial charge in [0, 0.05) is 151 Å². The summed E-state index contributed by atoms with van der Waals surface area (Å²) < 4.78 is 29.6. The smallest absolute Gasteiger partial charge is 0.410 e. The summed E-state index contributed by atoms with van der Waals surface area (Å²) in [5, 5.41) is 17.0. The average molecular weight is 1880 g/mol. The first-order valence-electron chi connectivity index (χ1n) is 49.8. The van der Waals surface area contributed by atoms with Gasteiger partial charge in [-0.2, -0.15) is 0 Å². The van der Waals surface area contributed by atoms with E-state index in [1.807, 2.05) is 113 Å². The number of carbonyl (C=O) groups is 12. The topological polar surface area (TPSA) is 344 Å². The fourth-order valence-electron chi connectivity index (χ4n) is 21.6. The second-order valence-electron chi connectivity index (χ2n) is 38.4. The van der Waals surface area contributed by atoms with Crippen molar-refractivity contribution < 1.29 is 76.1 Å². The van der Waals surface area contributed by atoms with E-state index in [1.165, 1.54) is 82.1 Å². The first-order chi connectivity index (χ1) is 66.6. The van der Waals surface area contributed by atoms with Crippen LogP contribution in [0, 0.1) is 12.7 Å². The summed E-state index contributed by atoms with van der Waals surface area (Å²) in [7, 11) is 0. The second-order valence-corrected chi connectivity index (χ2v) is 38.4. The number of hydrogen-bond acceptors (Lipinski definition) is 18. The SMILES string of the molecule is Cc1ccc(OC(=O)N[C@@H](CC(=O)N2CCC(N3Cc4ccccc4NC3=O)CC2)C(=O)N2CCC(N3CCCCC3)CC2)cc1.O=C(N[C@@H](CC(=O)N1CCC(N2Cc3ccccc3NC2=O)CC1)C(=O)N1CCC(N2CCCCC2)CC1)Oc1ccc(F)cc1.O=C(N[C@@H](CC(=O)N1CCC(N2Cc3ccccc3NC2=O)CC1)C(=O)N1CCC(N2CCCCC2)CC1)Oc1ccccc1. The number of benzene rings is 6. The van der Waals surface area contributed by atoms with Crippen LogP contribution in [0.25, 0.3) is 0 Å². The number of anilines is 3. The maximum atomic E-state index is 13.8. The van der Waals surface area contributed by atoms with Gasteiger partial charge in [0.15, 0.2) is 0 Å². The molecule has 732 valence electrons. The van der Waals surface area contributed by atoms with Crippen LogP contribution in [0.15, 0.2) is 152 Å². The Balaban J connectivity index is 0.000000149. The molecular formula is C103H133FN18O15. The Kier molecular flexibility index (Phi) is 33.6. The summed E-state index contributed by atoms with van der Waals surface area (Å²) >= 11 is 0. The highest BCUT2D eigenvalue weighted by Crippen LogP contribution is 2.35. The van der Waals surface area contributed by atoms with Gasteiger partial charge in [0.1, 0.15) is 41.2 Å². The Morgan fingerprint density at radius 1 is 0.307 bits per heavy atom. The van der Waals surface area contributed by atoms with E-state index in [4.69, 9.17) is 14.2 Å². The van der Waals surface area contributed by atoms with Gasteiger partial charge in [-0.15, -0.1) is 0 Å². The molecule has 6 N–H and O–H groups in total. The van der Waals surface area contributed by atoms with Crippen LogP contribution in [0.1, 0.15) is 176 Å². The van der Waals surface area contributed by atoms with Crippen LogP contribution in [-0.4, -0.2) is 303 Å². The van der Waals surface area contributed by atoms with E-state index in [9.17, 15) is 61.9 Å². The molecule has 12 aliphatic heterocycles. The van der Waals surface area contributed by atoms with Gasteiger partial charge in [-0.3, -0.25) is 28.8 Å². The number of amides is 15. The van der Waals surface area contributed by atoms with E-state index in [1.54, 1.807) is 65.8 Å². The number of halogens is 1. The van der Waals surface area contributed by atoms with Gasteiger partial charge in [-0.25, -0.2) is 33.2 Å². The van der Waals surface area contributed by atoms with Gasteiger partial charge >= 0.3 is 36.4 Å². The third kappa shape index (κ3) is 26.1. The molecular weight excluding hydrogens is 1750 g/mol. The Bertz CT molecular complexity index is 4940. The van der Waals surface area contributed by atoms with Crippen LogP contribution in [0.2, 0.25) is 0 Å². The van der Waals surface area contributed by atoms with Crippen molar-refractivity contribution in [3.8, 4) is 17.2 Å². The second kappa shape index (κ2) is 47.1. The number of fused-ring (bicyclic) bond motifs is 3. The van der Waals surface area contributed by atoms with Crippen LogP contribution in [-0.2, 0) is 48.4 Å². The van der Waals surface area contributed by atoms with Crippen molar-refractivity contribution in [2.45, 2.75) is 235 Å². The highest BCUT2D eigenvalue weighted by Gasteiger charge is 2.43. The van der Waals surface area contributed by atoms with Gasteiger partial charge in [-0.1, -0.05) is 110 Å². The molecule has 15 amide bonds. The van der Waals surface area contributed by atoms with Gasteiger partial charge in [0.2, 0.25) is 35.4 Å². The Morgan fingerprint density at radius 2 is 0.555 bits per heavy atom. The zero-order valence-corrected chi connectivity index (χ0v) is 78.8. The first-order valence-corrected chi connectivity index (χ1v) is 49.8. The minimum atomic E-state index is -1.10. The van der Waals surface area contributed by atoms with Crippen molar-refractivity contribution in [1.82, 2.24) is 74.7 Å². The standard InChI is InChI=1S/C35H46N6O5.C34H43FN6O5.C34H44N6O5/c1-25-9-11-29(12-10-25)46-35(45)37-31(33(43)40-21-13-27(14-22-40)38-17-5-2-6-18-38)23-32(42)39-19-15-28(16-20-39)41-24-26-7-3-4-8-30(26)36-34(41)44;35-25-8-10-28(11-9-25)46-34(45)37-30(32(43)40-20-12-26(13-21-40)38-16-4-1-5-17-38)22-31(42)39-18-14-27(15-19-39)41-23-24-6-2-3-7-29(24)36-33(41)44;41-31(38-19-15-27(16-20-38)40-24-25-9-5-6-12-29(25)35-33(40)43)23-30(36-34(44)45-28-10-3-1-4-11-28)32(42)39-21-13-26(14-22-39)37-17-7-2-8-18-37/h3-4,7-12,27-28,31H,2,5-6,13-24H2,1H3,(H,36,44)(H,37,45);2-3,6-11,26-27,30H,1,4-5,12-23H2,(H,36,44)(H,37,45);1,3-6,9-12,26-27,30H,2,7-8,13-24H2,(H,35,43)(H,36,44)/t31-;2*30-/m000/s1. The lowest BCUT2D eigenvalue weighted by atomic mass is 9.98. The Hall–Kier alpha value is -12.4. The molecule has 0 bridgehead atoms. The maximum Gasteiger partial charge on any atom is 0.413 e. The van der Waals surface area contributed by atoms with E-state index in [0.717, 1.165) is 117 Å². The van der Waals surface area contributed by atoms with E-state index < -0.39 is 42.2 Å². The number of urea groups is 3. The molecule has 34 heteroatoms. The highest BCUT2D eigenvalue weighted by molar-refractivity contribution is 5.96. The summed E-state index contributed by atoms with van der Waals surface area (Å²) in [5.41, 5.74) is 6.76. The summed E-state index contributed by atoms with van der Waals surface area (Å²) in [6.45, 7) is 16.5. The number of nitrogens with zero attached hydrogens (tertiary/aromatic N) is 12. The minimum Gasteiger partial charge on any atom is -0.410 e. The molecule has 12 heterocycles. The number of aryl methyl sites for hydroxylation is 1. The fourth-order valence-corrected chi connectivity index (χ4v) is 21.6. The molecule has 3 atom stereocenters. The van der Waals surface area contributed by atoms with Crippen molar-refractivity contribution in [3.63, 3.8) is 0 Å². The quantitative estimate of drug-likeness (QED) is 0.0390. The first kappa shape index (κ1) is 97.6. The molecule has 137 heavy (non-hydrogen) atoms. The van der Waals surface area contributed by atoms with Crippen LogP contribution in [0.4, 0.5) is 50.2 Å². The monoisotopic (exact) mass is 1880 g/mol. The molecule has 0 spiro atoms. The molecule has 0 radical (unpaired) electrons. The lowest BCUT2D eigenvalue weighted by Gasteiger charge is -2.41. The molecule has 0 aromatic heterocycles. The van der Waals surface area contributed by atoms with Gasteiger partial charge in [0.05, 0.1) is 19.3 Å². The van der Waals surface area contributed by atoms with Gasteiger partial charge in [-0.05, 0) is 245 Å². The molecule has 6 aromatic rings. The Morgan fingerprint density at radius 3 is 0.847 bits per heavy atom. The summed E-state index contributed by atoms with van der Waals surface area (Å²) in [6, 6.07) is 42.0. The number of ether oxygens (including phenoxy) is 3. The van der Waals surface area contributed by atoms with Crippen molar-refractivity contribution in [2.75, 3.05) is 134 Å². The van der Waals surface area contributed by atoms with Crippen molar-refractivity contribution in [3.05, 3.63) is 180 Å². The van der Waals surface area contributed by atoms with E-state index in [0.29, 0.717) is 166 Å². The molecule has 33 nitrogen and oxygen atoms in total. The lowest BCUT2D eigenvalue weighted by Crippen LogP contribution is -2.56. The van der Waals surface area contributed by atoms with Crippen LogP contribution in [0.3, 0.4) is 0 Å². The van der Waals surface area contributed by atoms with Crippen molar-refractivity contribution in [2.24, 2.45) is 0 Å². The molecule has 12 aliphatic rings. The predicted octanol–water partition coefficient (Wildman–Crippen LogP) is 12.6.